The average molecular weight is 346 g/mol. The molecule has 0 bridgehead atoms. The Kier molecular flexibility index (Phi) is 3.62. The number of aromatic hydroxyl groups is 1. The Morgan fingerprint density at radius 1 is 1.38 bits per heavy atom. The Morgan fingerprint density at radius 3 is 3.00 bits per heavy atom. The molecule has 0 aliphatic carbocycles. The lowest BCUT2D eigenvalue weighted by Gasteiger charge is -2.27. The van der Waals surface area contributed by atoms with Crippen molar-refractivity contribution >= 4 is 22.2 Å². The number of thiophene rings is 1. The highest BCUT2D eigenvalue weighted by Crippen LogP contribution is 2.41. The largest absolute Gasteiger partial charge is 0.504 e. The number of likely N-dealkylation sites (N-methyl/N-ethyl adjacent to an activating group) is 1. The molecule has 1 amide bonds. The van der Waals surface area contributed by atoms with Crippen LogP contribution in [0.2, 0.25) is 0 Å². The van der Waals surface area contributed by atoms with Crippen molar-refractivity contribution in [3.63, 3.8) is 0 Å². The number of phenols is 1. The molecule has 1 aromatic carbocycles. The number of hydrogen-bond acceptors (Lipinski definition) is 5. The SMILES string of the molecule is COc1cccc(C2NC(=O)c3c(sc4c3CC[NH+](C)C4)N2)c1O. The molecule has 6 nitrogen and oxygen atoms in total. The van der Waals surface area contributed by atoms with Crippen molar-refractivity contribution in [2.45, 2.75) is 19.1 Å². The predicted molar refractivity (Wildman–Crippen MR) is 92.0 cm³/mol. The first-order chi connectivity index (χ1) is 11.6. The molecule has 0 radical (unpaired) electrons. The van der Waals surface area contributed by atoms with E-state index >= 15 is 0 Å². The van der Waals surface area contributed by atoms with Crippen LogP contribution >= 0.6 is 11.3 Å². The van der Waals surface area contributed by atoms with E-state index < -0.39 is 6.17 Å². The van der Waals surface area contributed by atoms with Crippen LogP contribution in [-0.4, -0.2) is 31.7 Å². The number of anilines is 1. The van der Waals surface area contributed by atoms with E-state index in [1.807, 2.05) is 0 Å². The van der Waals surface area contributed by atoms with E-state index in [0.29, 0.717) is 11.3 Å². The number of amides is 1. The van der Waals surface area contributed by atoms with Gasteiger partial charge < -0.3 is 25.4 Å². The molecule has 2 atom stereocenters. The number of methoxy groups -OCH3 is 1. The van der Waals surface area contributed by atoms with Crippen LogP contribution in [0.25, 0.3) is 0 Å². The molecule has 2 aliphatic heterocycles. The molecule has 0 fully saturated rings. The summed E-state index contributed by atoms with van der Waals surface area (Å²) in [7, 11) is 3.68. The van der Waals surface area contributed by atoms with E-state index in [-0.39, 0.29) is 11.7 Å². The van der Waals surface area contributed by atoms with Crippen LogP contribution in [0, 0.1) is 0 Å². The van der Waals surface area contributed by atoms with Crippen molar-refractivity contribution in [2.24, 2.45) is 0 Å². The lowest BCUT2D eigenvalue weighted by molar-refractivity contribution is -0.895. The lowest BCUT2D eigenvalue weighted by atomic mass is 10.0. The van der Waals surface area contributed by atoms with Crippen LogP contribution in [0.4, 0.5) is 5.00 Å². The third-order valence-corrected chi connectivity index (χ3v) is 5.86. The van der Waals surface area contributed by atoms with Gasteiger partial charge in [-0.1, -0.05) is 12.1 Å². The topological polar surface area (TPSA) is 75.0 Å². The molecule has 4 rings (SSSR count). The Labute approximate surface area is 144 Å². The first kappa shape index (κ1) is 15.3. The molecule has 0 saturated heterocycles. The molecule has 2 aliphatic rings. The fraction of sp³-hybridized carbons (Fsp3) is 0.353. The van der Waals surface area contributed by atoms with Crippen molar-refractivity contribution in [1.29, 1.82) is 0 Å². The van der Waals surface area contributed by atoms with Gasteiger partial charge >= 0.3 is 0 Å². The van der Waals surface area contributed by atoms with Crippen LogP contribution in [0.5, 0.6) is 11.5 Å². The highest BCUT2D eigenvalue weighted by molar-refractivity contribution is 7.16. The van der Waals surface area contributed by atoms with Gasteiger partial charge in [0.2, 0.25) is 0 Å². The van der Waals surface area contributed by atoms with Gasteiger partial charge in [-0.05, 0) is 11.6 Å². The third kappa shape index (κ3) is 2.32. The van der Waals surface area contributed by atoms with Crippen molar-refractivity contribution in [3.8, 4) is 11.5 Å². The van der Waals surface area contributed by atoms with E-state index in [9.17, 15) is 9.90 Å². The Morgan fingerprint density at radius 2 is 2.21 bits per heavy atom. The number of ether oxygens (including phenoxy) is 1. The minimum atomic E-state index is -0.467. The first-order valence-corrected chi connectivity index (χ1v) is 8.79. The Hall–Kier alpha value is -2.25. The predicted octanol–water partition coefficient (Wildman–Crippen LogP) is 0.887. The van der Waals surface area contributed by atoms with Crippen LogP contribution in [0.3, 0.4) is 0 Å². The zero-order chi connectivity index (χ0) is 16.8. The molecule has 1 aromatic heterocycles. The number of nitrogens with one attached hydrogen (secondary N) is 3. The zero-order valence-corrected chi connectivity index (χ0v) is 14.4. The number of quaternary nitrogens is 1. The second kappa shape index (κ2) is 5.68. The molecule has 2 aromatic rings. The van der Waals surface area contributed by atoms with Crippen LogP contribution in [0.1, 0.15) is 32.5 Å². The number of phenolic OH excluding ortho intramolecular Hbond substituents is 1. The summed E-state index contributed by atoms with van der Waals surface area (Å²) >= 11 is 1.65. The van der Waals surface area contributed by atoms with Gasteiger partial charge in [-0.2, -0.15) is 0 Å². The van der Waals surface area contributed by atoms with Gasteiger partial charge in [0, 0.05) is 12.0 Å². The minimum absolute atomic E-state index is 0.0479. The lowest BCUT2D eigenvalue weighted by Crippen LogP contribution is -3.08. The number of hydrogen-bond donors (Lipinski definition) is 4. The maximum atomic E-state index is 12.7. The molecule has 7 heteroatoms. The summed E-state index contributed by atoms with van der Waals surface area (Å²) in [5.74, 6) is 0.366. The van der Waals surface area contributed by atoms with Crippen molar-refractivity contribution in [3.05, 3.63) is 39.8 Å². The maximum absolute atomic E-state index is 12.7. The smallest absolute Gasteiger partial charge is 0.256 e. The van der Waals surface area contributed by atoms with Crippen molar-refractivity contribution < 1.29 is 19.5 Å². The molecule has 24 heavy (non-hydrogen) atoms. The number of rotatable bonds is 2. The molecule has 126 valence electrons. The summed E-state index contributed by atoms with van der Waals surface area (Å²) in [6.45, 7) is 2.00. The van der Waals surface area contributed by atoms with Crippen LogP contribution in [0.15, 0.2) is 18.2 Å². The van der Waals surface area contributed by atoms with E-state index in [2.05, 4.69) is 17.7 Å². The van der Waals surface area contributed by atoms with Gasteiger partial charge in [-0.25, -0.2) is 0 Å². The molecule has 0 spiro atoms. The highest BCUT2D eigenvalue weighted by atomic mass is 32.1. The summed E-state index contributed by atoms with van der Waals surface area (Å²) in [6, 6.07) is 5.28. The highest BCUT2D eigenvalue weighted by Gasteiger charge is 2.34. The first-order valence-electron chi connectivity index (χ1n) is 7.97. The van der Waals surface area contributed by atoms with Crippen LogP contribution < -0.4 is 20.3 Å². The van der Waals surface area contributed by atoms with Gasteiger partial charge in [-0.15, -0.1) is 11.3 Å². The summed E-state index contributed by atoms with van der Waals surface area (Å²) in [6.07, 6.45) is 0.460. The monoisotopic (exact) mass is 346 g/mol. The summed E-state index contributed by atoms with van der Waals surface area (Å²) in [5, 5.41) is 17.6. The Bertz CT molecular complexity index is 818. The summed E-state index contributed by atoms with van der Waals surface area (Å²) < 4.78 is 5.16. The van der Waals surface area contributed by atoms with Gasteiger partial charge in [0.25, 0.3) is 5.91 Å². The maximum Gasteiger partial charge on any atom is 0.256 e. The van der Waals surface area contributed by atoms with Gasteiger partial charge in [0.05, 0.1) is 31.1 Å². The summed E-state index contributed by atoms with van der Waals surface area (Å²) in [4.78, 5) is 15.4. The fourth-order valence-corrected chi connectivity index (χ4v) is 4.81. The van der Waals surface area contributed by atoms with Crippen molar-refractivity contribution in [2.75, 3.05) is 26.0 Å². The van der Waals surface area contributed by atoms with E-state index in [4.69, 9.17) is 4.74 Å². The second-order valence-corrected chi connectivity index (χ2v) is 7.40. The normalized spacial score (nSPS) is 22.2. The number of fused-ring (bicyclic) bond motifs is 3. The van der Waals surface area contributed by atoms with E-state index in [0.717, 1.165) is 30.1 Å². The molecule has 4 N–H and O–H groups in total. The number of para-hydroxylation sites is 1. The van der Waals surface area contributed by atoms with Gasteiger partial charge in [-0.3, -0.25) is 4.79 Å². The number of carbonyl (C=O) groups is 1. The molecule has 3 heterocycles. The number of carbonyl (C=O) groups excluding carboxylic acids is 1. The molecular formula is C17H20N3O3S+. The fourth-order valence-electron chi connectivity index (χ4n) is 3.43. The summed E-state index contributed by atoms with van der Waals surface area (Å²) in [5.41, 5.74) is 2.56. The Balaban J connectivity index is 1.71. The minimum Gasteiger partial charge on any atom is -0.504 e. The molecule has 2 unspecified atom stereocenters. The standard InChI is InChI=1S/C17H19N3O3S/c1-20-7-6-9-12(8-20)24-17-13(9)16(22)18-15(19-17)10-4-3-5-11(23-2)14(10)21/h3-5,15,19,21H,6-8H2,1-2H3,(H,18,22)/p+1. The van der Waals surface area contributed by atoms with Crippen LogP contribution in [-0.2, 0) is 13.0 Å². The van der Waals surface area contributed by atoms with E-state index in [1.165, 1.54) is 22.5 Å². The zero-order valence-electron chi connectivity index (χ0n) is 13.6. The second-order valence-electron chi connectivity index (χ2n) is 6.29. The molecular weight excluding hydrogens is 326 g/mol. The van der Waals surface area contributed by atoms with Gasteiger partial charge in [0.15, 0.2) is 11.5 Å². The third-order valence-electron chi connectivity index (χ3n) is 4.69. The number of benzene rings is 1. The van der Waals surface area contributed by atoms with Gasteiger partial charge in [0.1, 0.15) is 17.7 Å². The van der Waals surface area contributed by atoms with Crippen molar-refractivity contribution in [1.82, 2.24) is 5.32 Å². The molecule has 0 saturated carbocycles. The quantitative estimate of drug-likeness (QED) is 0.651. The van der Waals surface area contributed by atoms with E-state index in [1.54, 1.807) is 29.5 Å². The average Bonchev–Trinajstić information content (AvgIpc) is 2.92.